The van der Waals surface area contributed by atoms with E-state index in [1.54, 1.807) is 0 Å². The molecule has 5 nitrogen and oxygen atoms in total. The molecule has 24 heavy (non-hydrogen) atoms. The Balaban J connectivity index is 1.55. The Bertz CT molecular complexity index is 714. The second-order valence-corrected chi connectivity index (χ2v) is 6.73. The van der Waals surface area contributed by atoms with Crippen molar-refractivity contribution in [1.82, 2.24) is 14.9 Å². The Hall–Kier alpha value is -2.43. The van der Waals surface area contributed by atoms with Gasteiger partial charge in [-0.1, -0.05) is 6.07 Å². The van der Waals surface area contributed by atoms with E-state index in [-0.39, 0.29) is 5.91 Å². The van der Waals surface area contributed by atoms with Gasteiger partial charge in [-0.15, -0.1) is 0 Å². The van der Waals surface area contributed by atoms with Crippen molar-refractivity contribution in [3.63, 3.8) is 0 Å². The molecule has 0 unspecified atom stereocenters. The summed E-state index contributed by atoms with van der Waals surface area (Å²) >= 11 is 0. The zero-order valence-electron chi connectivity index (χ0n) is 13.8. The van der Waals surface area contributed by atoms with Crippen molar-refractivity contribution in [2.45, 2.75) is 32.4 Å². The Morgan fingerprint density at radius 3 is 2.75 bits per heavy atom. The molecule has 0 N–H and O–H groups in total. The predicted octanol–water partition coefficient (Wildman–Crippen LogP) is 2.63. The summed E-state index contributed by atoms with van der Waals surface area (Å²) in [4.78, 5) is 25.5. The highest BCUT2D eigenvalue weighted by atomic mass is 16.2. The second-order valence-electron chi connectivity index (χ2n) is 6.73. The van der Waals surface area contributed by atoms with Gasteiger partial charge in [-0.2, -0.15) is 0 Å². The number of nitrogens with zero attached hydrogens (tertiary/aromatic N) is 4. The van der Waals surface area contributed by atoms with E-state index >= 15 is 0 Å². The van der Waals surface area contributed by atoms with Crippen LogP contribution in [0.2, 0.25) is 0 Å². The number of pyridine rings is 2. The number of rotatable bonds is 4. The summed E-state index contributed by atoms with van der Waals surface area (Å²) in [5, 5.41) is 0. The average molecular weight is 322 g/mol. The first-order valence-corrected chi connectivity index (χ1v) is 8.65. The van der Waals surface area contributed by atoms with E-state index in [2.05, 4.69) is 20.9 Å². The number of fused-ring (bicyclic) bond motifs is 1. The first-order valence-electron chi connectivity index (χ1n) is 8.65. The van der Waals surface area contributed by atoms with Gasteiger partial charge < -0.3 is 9.80 Å². The second kappa shape index (κ2) is 6.59. The molecular weight excluding hydrogens is 300 g/mol. The molecule has 1 aliphatic heterocycles. The normalized spacial score (nSPS) is 17.3. The summed E-state index contributed by atoms with van der Waals surface area (Å²) in [6, 6.07) is 8.11. The van der Waals surface area contributed by atoms with Crippen molar-refractivity contribution in [1.29, 1.82) is 0 Å². The number of hydrogen-bond acceptors (Lipinski definition) is 4. The third-order valence-corrected chi connectivity index (χ3v) is 4.80. The summed E-state index contributed by atoms with van der Waals surface area (Å²) in [5.41, 5.74) is 2.34. The number of carbonyl (C=O) groups excluding carboxylic acids is 1. The lowest BCUT2D eigenvalue weighted by atomic mass is 10.2. The molecule has 0 radical (unpaired) electrons. The first-order chi connectivity index (χ1) is 11.8. The number of carbonyl (C=O) groups is 1. The van der Waals surface area contributed by atoms with Gasteiger partial charge in [-0.05, 0) is 42.5 Å². The molecule has 0 atom stereocenters. The third kappa shape index (κ3) is 3.40. The Kier molecular flexibility index (Phi) is 4.15. The van der Waals surface area contributed by atoms with Gasteiger partial charge >= 0.3 is 0 Å². The van der Waals surface area contributed by atoms with Crippen LogP contribution < -0.4 is 4.90 Å². The summed E-state index contributed by atoms with van der Waals surface area (Å²) in [6.45, 7) is 3.02. The van der Waals surface area contributed by atoms with Crippen LogP contribution in [0, 0.1) is 5.92 Å². The molecule has 1 aliphatic carbocycles. The van der Waals surface area contributed by atoms with Crippen LogP contribution in [0.1, 0.15) is 30.4 Å². The molecule has 2 aromatic heterocycles. The van der Waals surface area contributed by atoms with Gasteiger partial charge in [0.2, 0.25) is 5.91 Å². The van der Waals surface area contributed by atoms with E-state index in [4.69, 9.17) is 0 Å². The lowest BCUT2D eigenvalue weighted by Gasteiger charge is -2.24. The fourth-order valence-electron chi connectivity index (χ4n) is 3.24. The smallest absolute Gasteiger partial charge is 0.223 e. The van der Waals surface area contributed by atoms with Gasteiger partial charge in [0.1, 0.15) is 5.82 Å². The van der Waals surface area contributed by atoms with Crippen LogP contribution in [0.25, 0.3) is 0 Å². The van der Waals surface area contributed by atoms with Gasteiger partial charge in [0.25, 0.3) is 0 Å². The molecule has 3 heterocycles. The summed E-state index contributed by atoms with van der Waals surface area (Å²) in [7, 11) is 0. The van der Waals surface area contributed by atoms with Crippen LogP contribution in [-0.2, 0) is 17.9 Å². The zero-order chi connectivity index (χ0) is 16.4. The SMILES string of the molecule is O=C(CC1CC1)N1CCN(Cc2ccncc2)c2ncccc2C1. The average Bonchev–Trinajstić information content (AvgIpc) is 3.43. The van der Waals surface area contributed by atoms with E-state index in [9.17, 15) is 4.79 Å². The minimum atomic E-state index is 0.290. The van der Waals surface area contributed by atoms with Crippen LogP contribution >= 0.6 is 0 Å². The molecule has 0 spiro atoms. The van der Waals surface area contributed by atoms with Gasteiger partial charge in [0, 0.05) is 56.8 Å². The van der Waals surface area contributed by atoms with E-state index in [1.165, 1.54) is 18.4 Å². The monoisotopic (exact) mass is 322 g/mol. The van der Waals surface area contributed by atoms with Gasteiger partial charge in [-0.25, -0.2) is 4.98 Å². The van der Waals surface area contributed by atoms with Crippen molar-refractivity contribution < 1.29 is 4.79 Å². The fourth-order valence-corrected chi connectivity index (χ4v) is 3.24. The van der Waals surface area contributed by atoms with Crippen LogP contribution in [0.4, 0.5) is 5.82 Å². The number of amides is 1. The Morgan fingerprint density at radius 2 is 1.96 bits per heavy atom. The molecule has 0 bridgehead atoms. The molecular formula is C19H22N4O. The number of aromatic nitrogens is 2. The van der Waals surface area contributed by atoms with Crippen LogP contribution in [0.5, 0.6) is 0 Å². The van der Waals surface area contributed by atoms with E-state index < -0.39 is 0 Å². The number of hydrogen-bond donors (Lipinski definition) is 0. The van der Waals surface area contributed by atoms with Crippen LogP contribution in [0.3, 0.4) is 0 Å². The highest BCUT2D eigenvalue weighted by Gasteiger charge is 2.29. The van der Waals surface area contributed by atoms with Gasteiger partial charge in [0.15, 0.2) is 0 Å². The van der Waals surface area contributed by atoms with Crippen molar-refractivity contribution in [2.75, 3.05) is 18.0 Å². The standard InChI is InChI=1S/C19H22N4O/c24-18(12-15-3-4-15)22-10-11-23(13-16-5-8-20-9-6-16)19-17(14-22)2-1-7-21-19/h1-2,5-9,15H,3-4,10-14H2. The van der Waals surface area contributed by atoms with Crippen LogP contribution in [0.15, 0.2) is 42.9 Å². The minimum Gasteiger partial charge on any atom is -0.350 e. The maximum atomic E-state index is 12.6. The maximum absolute atomic E-state index is 12.6. The highest BCUT2D eigenvalue weighted by molar-refractivity contribution is 5.77. The molecule has 1 amide bonds. The third-order valence-electron chi connectivity index (χ3n) is 4.80. The molecule has 4 rings (SSSR count). The predicted molar refractivity (Wildman–Crippen MR) is 92.3 cm³/mol. The molecule has 1 saturated carbocycles. The lowest BCUT2D eigenvalue weighted by molar-refractivity contribution is -0.132. The zero-order valence-corrected chi connectivity index (χ0v) is 13.8. The maximum Gasteiger partial charge on any atom is 0.223 e. The van der Waals surface area contributed by atoms with E-state index in [1.807, 2.05) is 41.7 Å². The fraction of sp³-hybridized carbons (Fsp3) is 0.421. The minimum absolute atomic E-state index is 0.290. The molecule has 1 fully saturated rings. The van der Waals surface area contributed by atoms with Gasteiger partial charge in [0.05, 0.1) is 0 Å². The number of anilines is 1. The quantitative estimate of drug-likeness (QED) is 0.868. The molecule has 0 aromatic carbocycles. The van der Waals surface area contributed by atoms with Crippen molar-refractivity contribution in [3.05, 3.63) is 54.0 Å². The summed E-state index contributed by atoms with van der Waals surface area (Å²) in [6.07, 6.45) is 8.60. The van der Waals surface area contributed by atoms with Crippen molar-refractivity contribution in [3.8, 4) is 0 Å². The molecule has 0 saturated heterocycles. The van der Waals surface area contributed by atoms with Crippen molar-refractivity contribution >= 4 is 11.7 Å². The topological polar surface area (TPSA) is 49.3 Å². The largest absolute Gasteiger partial charge is 0.350 e. The van der Waals surface area contributed by atoms with Crippen LogP contribution in [-0.4, -0.2) is 33.9 Å². The Morgan fingerprint density at radius 1 is 1.12 bits per heavy atom. The van der Waals surface area contributed by atoms with E-state index in [0.717, 1.165) is 31.0 Å². The molecule has 124 valence electrons. The summed E-state index contributed by atoms with van der Waals surface area (Å²) < 4.78 is 0. The molecule has 2 aromatic rings. The Labute approximate surface area is 142 Å². The first kappa shape index (κ1) is 15.1. The molecule has 2 aliphatic rings. The van der Waals surface area contributed by atoms with Crippen molar-refractivity contribution in [2.24, 2.45) is 5.92 Å². The van der Waals surface area contributed by atoms with Gasteiger partial charge in [-0.3, -0.25) is 9.78 Å². The highest BCUT2D eigenvalue weighted by Crippen LogP contribution is 2.33. The summed E-state index contributed by atoms with van der Waals surface area (Å²) in [5.74, 6) is 1.91. The van der Waals surface area contributed by atoms with E-state index in [0.29, 0.717) is 18.9 Å². The lowest BCUT2D eigenvalue weighted by Crippen LogP contribution is -2.35. The molecule has 5 heteroatoms.